The number of carbonyl (C=O) groups excluding carboxylic acids is 1. The summed E-state index contributed by atoms with van der Waals surface area (Å²) in [4.78, 5) is 21.4. The van der Waals surface area contributed by atoms with Crippen molar-refractivity contribution in [3.05, 3.63) is 78.1 Å². The molecule has 0 saturated carbocycles. The van der Waals surface area contributed by atoms with Crippen molar-refractivity contribution in [1.82, 2.24) is 9.88 Å². The molecule has 0 amide bonds. The van der Waals surface area contributed by atoms with Crippen LogP contribution >= 0.6 is 0 Å². The van der Waals surface area contributed by atoms with E-state index in [9.17, 15) is 4.79 Å². The van der Waals surface area contributed by atoms with Gasteiger partial charge in [-0.3, -0.25) is 14.8 Å². The molecule has 1 aliphatic rings. The summed E-state index contributed by atoms with van der Waals surface area (Å²) in [6.45, 7) is 1.22. The number of nitrogens with zero attached hydrogens (tertiary/aromatic N) is 2. The second kappa shape index (κ2) is 8.56. The fourth-order valence-electron chi connectivity index (χ4n) is 3.36. The van der Waals surface area contributed by atoms with Gasteiger partial charge in [-0.05, 0) is 54.9 Å². The molecule has 5 heteroatoms. The average molecular weight is 350 g/mol. The molecule has 2 aromatic carbocycles. The largest absolute Gasteiger partial charge is 0.373 e. The van der Waals surface area contributed by atoms with E-state index in [1.807, 2.05) is 48.8 Å². The third-order valence-electron chi connectivity index (χ3n) is 4.68. The van der Waals surface area contributed by atoms with Crippen LogP contribution in [0, 0.1) is 0 Å². The Morgan fingerprint density at radius 2 is 1.96 bits per heavy atom. The van der Waals surface area contributed by atoms with Crippen molar-refractivity contribution < 1.29 is 14.9 Å². The first kappa shape index (κ1) is 18.0. The van der Waals surface area contributed by atoms with Crippen LogP contribution in [0.4, 0.5) is 0 Å². The normalized spacial score (nSPS) is 16.8. The quantitative estimate of drug-likeness (QED) is 0.551. The van der Waals surface area contributed by atoms with Crippen molar-refractivity contribution in [3.63, 3.8) is 0 Å². The van der Waals surface area contributed by atoms with E-state index in [2.05, 4.69) is 27.9 Å². The molecular weight excluding hydrogens is 328 g/mol. The summed E-state index contributed by atoms with van der Waals surface area (Å²) in [5, 5.41) is 10.0. The van der Waals surface area contributed by atoms with Gasteiger partial charge in [0.25, 0.3) is 0 Å². The summed E-state index contributed by atoms with van der Waals surface area (Å²) in [5.74, 6) is -0.734. The number of carbonyl (C=O) groups is 1. The highest BCUT2D eigenvalue weighted by atomic mass is 17.1. The maximum absolute atomic E-state index is 11.2. The number of aromatic nitrogens is 1. The van der Waals surface area contributed by atoms with Gasteiger partial charge in [-0.15, -0.1) is 0 Å². The lowest BCUT2D eigenvalue weighted by Gasteiger charge is -2.18. The molecule has 1 unspecified atom stereocenters. The van der Waals surface area contributed by atoms with E-state index in [-0.39, 0.29) is 0 Å². The Morgan fingerprint density at radius 3 is 2.65 bits per heavy atom. The minimum Gasteiger partial charge on any atom is -0.299 e. The summed E-state index contributed by atoms with van der Waals surface area (Å²) >= 11 is 0. The molecule has 1 aliphatic heterocycles. The summed E-state index contributed by atoms with van der Waals surface area (Å²) in [7, 11) is 2.19. The molecule has 1 saturated heterocycles. The first-order valence-electron chi connectivity index (χ1n) is 8.64. The highest BCUT2D eigenvalue weighted by Gasteiger charge is 2.21. The molecule has 0 bridgehead atoms. The highest BCUT2D eigenvalue weighted by Crippen LogP contribution is 2.29. The van der Waals surface area contributed by atoms with Crippen LogP contribution in [-0.4, -0.2) is 34.7 Å². The van der Waals surface area contributed by atoms with Gasteiger partial charge in [-0.25, -0.2) is 4.79 Å². The van der Waals surface area contributed by atoms with E-state index in [1.165, 1.54) is 24.9 Å². The number of likely N-dealkylation sites (tertiary alicyclic amines) is 1. The molecule has 1 atom stereocenters. The van der Waals surface area contributed by atoms with Gasteiger partial charge in [0.2, 0.25) is 0 Å². The first-order chi connectivity index (χ1) is 12.7. The lowest BCUT2D eigenvalue weighted by atomic mass is 10.1. The first-order valence-corrected chi connectivity index (χ1v) is 8.64. The van der Waals surface area contributed by atoms with Crippen molar-refractivity contribution in [2.24, 2.45) is 0 Å². The van der Waals surface area contributed by atoms with Crippen molar-refractivity contribution in [2.45, 2.75) is 18.9 Å². The Hall–Kier alpha value is -2.76. The fraction of sp³-hybridized carbons (Fsp3) is 0.238. The van der Waals surface area contributed by atoms with Crippen LogP contribution in [0.5, 0.6) is 0 Å². The SMILES string of the molecule is CN1CCCC1c1cccnc1.O=C(OO)c1cccc2ccccc12. The molecule has 5 nitrogen and oxygen atoms in total. The minimum absolute atomic E-state index is 0.366. The summed E-state index contributed by atoms with van der Waals surface area (Å²) < 4.78 is 0. The van der Waals surface area contributed by atoms with Crippen molar-refractivity contribution in [2.75, 3.05) is 13.6 Å². The van der Waals surface area contributed by atoms with E-state index in [0.717, 1.165) is 10.8 Å². The second-order valence-corrected chi connectivity index (χ2v) is 6.33. The molecule has 3 aromatic rings. The third-order valence-corrected chi connectivity index (χ3v) is 4.68. The van der Waals surface area contributed by atoms with Gasteiger partial charge in [0, 0.05) is 18.4 Å². The van der Waals surface area contributed by atoms with E-state index in [4.69, 9.17) is 5.26 Å². The molecule has 2 heterocycles. The molecule has 1 fully saturated rings. The van der Waals surface area contributed by atoms with Gasteiger partial charge in [-0.2, -0.15) is 5.26 Å². The minimum atomic E-state index is -0.734. The van der Waals surface area contributed by atoms with Crippen LogP contribution in [0.1, 0.15) is 34.8 Å². The van der Waals surface area contributed by atoms with Crippen LogP contribution in [0.15, 0.2) is 67.0 Å². The molecule has 4 rings (SSSR count). The van der Waals surface area contributed by atoms with Gasteiger partial charge in [-0.1, -0.05) is 42.5 Å². The number of benzene rings is 2. The Balaban J connectivity index is 0.000000152. The lowest BCUT2D eigenvalue weighted by Crippen LogP contribution is -2.17. The molecule has 1 N–H and O–H groups in total. The van der Waals surface area contributed by atoms with E-state index >= 15 is 0 Å². The van der Waals surface area contributed by atoms with Crippen LogP contribution in [0.3, 0.4) is 0 Å². The van der Waals surface area contributed by atoms with E-state index < -0.39 is 5.97 Å². The predicted octanol–water partition coefficient (Wildman–Crippen LogP) is 4.32. The predicted molar refractivity (Wildman–Crippen MR) is 101 cm³/mol. The monoisotopic (exact) mass is 350 g/mol. The number of hydrogen-bond acceptors (Lipinski definition) is 5. The molecule has 0 spiro atoms. The number of hydrogen-bond donors (Lipinski definition) is 1. The van der Waals surface area contributed by atoms with Gasteiger partial charge in [0.15, 0.2) is 0 Å². The van der Waals surface area contributed by atoms with Gasteiger partial charge in [0.05, 0.1) is 5.56 Å². The number of pyridine rings is 1. The molecular formula is C21H22N2O3. The highest BCUT2D eigenvalue weighted by molar-refractivity contribution is 6.04. The molecule has 26 heavy (non-hydrogen) atoms. The van der Waals surface area contributed by atoms with E-state index in [1.54, 1.807) is 12.1 Å². The fourth-order valence-corrected chi connectivity index (χ4v) is 3.36. The number of fused-ring (bicyclic) bond motifs is 1. The standard InChI is InChI=1S/C11H8O3.C10H14N2/c12-11(14-13)10-7-3-5-8-4-1-2-6-9(8)10;1-12-7-3-5-10(12)9-4-2-6-11-8-9/h1-7,13H;2,4,6,8,10H,3,5,7H2,1H3. The molecule has 0 radical (unpaired) electrons. The Kier molecular flexibility index (Phi) is 5.94. The van der Waals surface area contributed by atoms with Gasteiger partial charge in [0.1, 0.15) is 0 Å². The van der Waals surface area contributed by atoms with Crippen LogP contribution in [-0.2, 0) is 4.89 Å². The Morgan fingerprint density at radius 1 is 1.15 bits per heavy atom. The lowest BCUT2D eigenvalue weighted by molar-refractivity contribution is -0.182. The smallest absolute Gasteiger partial charge is 0.299 e. The van der Waals surface area contributed by atoms with E-state index in [0.29, 0.717) is 11.6 Å². The van der Waals surface area contributed by atoms with Crippen molar-refractivity contribution >= 4 is 16.7 Å². The Bertz CT molecular complexity index is 862. The summed E-state index contributed by atoms with van der Waals surface area (Å²) in [6.07, 6.45) is 6.41. The topological polar surface area (TPSA) is 62.7 Å². The molecule has 1 aromatic heterocycles. The second-order valence-electron chi connectivity index (χ2n) is 6.33. The average Bonchev–Trinajstić information content (AvgIpc) is 3.14. The van der Waals surface area contributed by atoms with Crippen molar-refractivity contribution in [1.29, 1.82) is 0 Å². The zero-order chi connectivity index (χ0) is 18.4. The maximum Gasteiger partial charge on any atom is 0.373 e. The number of rotatable bonds is 2. The Labute approximate surface area is 152 Å². The van der Waals surface area contributed by atoms with Gasteiger partial charge < -0.3 is 0 Å². The van der Waals surface area contributed by atoms with Crippen molar-refractivity contribution in [3.8, 4) is 0 Å². The molecule has 134 valence electrons. The van der Waals surface area contributed by atoms with Gasteiger partial charge >= 0.3 is 5.97 Å². The maximum atomic E-state index is 11.2. The summed E-state index contributed by atoms with van der Waals surface area (Å²) in [5.41, 5.74) is 1.73. The zero-order valence-corrected chi connectivity index (χ0v) is 14.7. The van der Waals surface area contributed by atoms with Crippen LogP contribution in [0.2, 0.25) is 0 Å². The van der Waals surface area contributed by atoms with Crippen LogP contribution < -0.4 is 0 Å². The zero-order valence-electron chi connectivity index (χ0n) is 14.7. The summed E-state index contributed by atoms with van der Waals surface area (Å²) in [6, 6.07) is 17.5. The third kappa shape index (κ3) is 4.07. The van der Waals surface area contributed by atoms with Crippen LogP contribution in [0.25, 0.3) is 10.8 Å². The molecule has 0 aliphatic carbocycles.